The number of aryl methyl sites for hydroxylation is 1. The lowest BCUT2D eigenvalue weighted by molar-refractivity contribution is 0.266. The Morgan fingerprint density at radius 2 is 2.28 bits per heavy atom. The van der Waals surface area contributed by atoms with Crippen LogP contribution in [-0.2, 0) is 0 Å². The van der Waals surface area contributed by atoms with Crippen LogP contribution in [0.4, 0.5) is 5.82 Å². The van der Waals surface area contributed by atoms with Gasteiger partial charge in [-0.3, -0.25) is 0 Å². The molecule has 0 aromatic carbocycles. The first-order chi connectivity index (χ1) is 8.56. The van der Waals surface area contributed by atoms with E-state index in [1.165, 1.54) is 19.5 Å². The molecule has 1 aliphatic rings. The second-order valence-electron chi connectivity index (χ2n) is 5.39. The van der Waals surface area contributed by atoms with Gasteiger partial charge in [0.25, 0.3) is 0 Å². The molecule has 1 unspecified atom stereocenters. The molecule has 18 heavy (non-hydrogen) atoms. The molecule has 1 N–H and O–H groups in total. The summed E-state index contributed by atoms with van der Waals surface area (Å²) in [5.74, 6) is 1.73. The van der Waals surface area contributed by atoms with E-state index in [0.29, 0.717) is 6.04 Å². The Bertz CT molecular complexity index is 406. The van der Waals surface area contributed by atoms with Crippen LogP contribution < -0.4 is 5.32 Å². The molecule has 0 aliphatic carbocycles. The molecule has 2 rings (SSSR count). The van der Waals surface area contributed by atoms with Gasteiger partial charge in [0.15, 0.2) is 0 Å². The van der Waals surface area contributed by atoms with Crippen LogP contribution in [0.15, 0.2) is 16.6 Å². The van der Waals surface area contributed by atoms with Gasteiger partial charge in [-0.15, -0.1) is 0 Å². The zero-order valence-corrected chi connectivity index (χ0v) is 13.0. The molecule has 1 aromatic rings. The third-order valence-electron chi connectivity index (χ3n) is 3.64. The quantitative estimate of drug-likeness (QED) is 0.924. The van der Waals surface area contributed by atoms with E-state index in [0.717, 1.165) is 28.4 Å². The average molecular weight is 312 g/mol. The van der Waals surface area contributed by atoms with Gasteiger partial charge in [0, 0.05) is 23.6 Å². The van der Waals surface area contributed by atoms with Crippen LogP contribution in [0, 0.1) is 12.8 Å². The largest absolute Gasteiger partial charge is 0.370 e. The highest BCUT2D eigenvalue weighted by Crippen LogP contribution is 2.20. The zero-order valence-electron chi connectivity index (χ0n) is 11.4. The normalized spacial score (nSPS) is 20.6. The summed E-state index contributed by atoms with van der Waals surface area (Å²) in [6.45, 7) is 10.0. The molecule has 1 saturated heterocycles. The number of nitrogens with one attached hydrogen (secondary N) is 1. The molecule has 0 amide bonds. The van der Waals surface area contributed by atoms with Crippen LogP contribution in [0.1, 0.15) is 26.0 Å². The summed E-state index contributed by atoms with van der Waals surface area (Å²) in [6, 6.07) is 4.76. The van der Waals surface area contributed by atoms with Crippen molar-refractivity contribution in [3.8, 4) is 0 Å². The number of likely N-dealkylation sites (tertiary alicyclic amines) is 1. The molecule has 1 fully saturated rings. The van der Waals surface area contributed by atoms with Crippen molar-refractivity contribution in [2.45, 2.75) is 33.2 Å². The Morgan fingerprint density at radius 3 is 2.89 bits per heavy atom. The van der Waals surface area contributed by atoms with Gasteiger partial charge in [0.05, 0.1) is 5.69 Å². The maximum Gasteiger partial charge on any atom is 0.126 e. The number of nitrogens with zero attached hydrogens (tertiary/aromatic N) is 2. The standard InChI is InChI=1S/C14H22BrN3/c1-10(2)18-7-6-12(9-18)8-16-14-5-4-13(15)11(3)17-14/h4-5,10,12H,6-9H2,1-3H3,(H,16,17). The Balaban J connectivity index is 1.83. The number of hydrogen-bond acceptors (Lipinski definition) is 3. The van der Waals surface area contributed by atoms with E-state index < -0.39 is 0 Å². The van der Waals surface area contributed by atoms with E-state index in [2.05, 4.69) is 51.0 Å². The van der Waals surface area contributed by atoms with Gasteiger partial charge >= 0.3 is 0 Å². The fraction of sp³-hybridized carbons (Fsp3) is 0.643. The van der Waals surface area contributed by atoms with E-state index in [9.17, 15) is 0 Å². The number of aromatic nitrogens is 1. The topological polar surface area (TPSA) is 28.2 Å². The zero-order chi connectivity index (χ0) is 13.1. The molecule has 2 heterocycles. The van der Waals surface area contributed by atoms with Crippen molar-refractivity contribution in [3.05, 3.63) is 22.3 Å². The van der Waals surface area contributed by atoms with Crippen LogP contribution in [0.2, 0.25) is 0 Å². The van der Waals surface area contributed by atoms with Crippen molar-refractivity contribution in [3.63, 3.8) is 0 Å². The summed E-state index contributed by atoms with van der Waals surface area (Å²) in [4.78, 5) is 7.06. The van der Waals surface area contributed by atoms with Crippen molar-refractivity contribution in [1.29, 1.82) is 0 Å². The van der Waals surface area contributed by atoms with E-state index in [1.807, 2.05) is 13.0 Å². The molecule has 100 valence electrons. The summed E-state index contributed by atoms with van der Waals surface area (Å²) >= 11 is 3.47. The van der Waals surface area contributed by atoms with E-state index in [1.54, 1.807) is 0 Å². The van der Waals surface area contributed by atoms with Gasteiger partial charge < -0.3 is 10.2 Å². The molecular weight excluding hydrogens is 290 g/mol. The summed E-state index contributed by atoms with van der Waals surface area (Å²) in [7, 11) is 0. The minimum atomic E-state index is 0.669. The van der Waals surface area contributed by atoms with E-state index in [4.69, 9.17) is 0 Å². The highest BCUT2D eigenvalue weighted by atomic mass is 79.9. The van der Waals surface area contributed by atoms with Gasteiger partial charge in [-0.1, -0.05) is 0 Å². The van der Waals surface area contributed by atoms with Gasteiger partial charge in [0.2, 0.25) is 0 Å². The second-order valence-corrected chi connectivity index (χ2v) is 6.24. The van der Waals surface area contributed by atoms with Crippen molar-refractivity contribution in [2.75, 3.05) is 25.0 Å². The lowest BCUT2D eigenvalue weighted by atomic mass is 10.1. The molecule has 0 saturated carbocycles. The number of halogens is 1. The third-order valence-corrected chi connectivity index (χ3v) is 4.48. The van der Waals surface area contributed by atoms with Crippen LogP contribution in [0.25, 0.3) is 0 Å². The first kappa shape index (κ1) is 13.8. The molecule has 1 atom stereocenters. The summed E-state index contributed by atoms with van der Waals surface area (Å²) in [5, 5.41) is 3.46. The lowest BCUT2D eigenvalue weighted by Crippen LogP contribution is -2.29. The molecule has 4 heteroatoms. The SMILES string of the molecule is Cc1nc(NCC2CCN(C(C)C)C2)ccc1Br. The van der Waals surface area contributed by atoms with Gasteiger partial charge in [-0.05, 0) is 67.7 Å². The fourth-order valence-corrected chi connectivity index (χ4v) is 2.61. The minimum absolute atomic E-state index is 0.669. The van der Waals surface area contributed by atoms with Crippen molar-refractivity contribution < 1.29 is 0 Å². The number of rotatable bonds is 4. The van der Waals surface area contributed by atoms with Crippen molar-refractivity contribution in [2.24, 2.45) is 5.92 Å². The smallest absolute Gasteiger partial charge is 0.126 e. The van der Waals surface area contributed by atoms with E-state index in [-0.39, 0.29) is 0 Å². The molecule has 0 spiro atoms. The summed E-state index contributed by atoms with van der Waals surface area (Å²) < 4.78 is 1.07. The Morgan fingerprint density at radius 1 is 1.50 bits per heavy atom. The average Bonchev–Trinajstić information content (AvgIpc) is 2.79. The molecule has 0 bridgehead atoms. The minimum Gasteiger partial charge on any atom is -0.370 e. The lowest BCUT2D eigenvalue weighted by Gasteiger charge is -2.20. The Labute approximate surface area is 118 Å². The third kappa shape index (κ3) is 3.45. The second kappa shape index (κ2) is 6.02. The first-order valence-corrected chi connectivity index (χ1v) is 7.46. The van der Waals surface area contributed by atoms with Crippen molar-refractivity contribution in [1.82, 2.24) is 9.88 Å². The predicted octanol–water partition coefficient (Wildman–Crippen LogP) is 3.29. The van der Waals surface area contributed by atoms with Crippen LogP contribution in [0.3, 0.4) is 0 Å². The maximum atomic E-state index is 4.52. The highest BCUT2D eigenvalue weighted by molar-refractivity contribution is 9.10. The molecule has 1 aromatic heterocycles. The van der Waals surface area contributed by atoms with Gasteiger partial charge in [-0.25, -0.2) is 4.98 Å². The molecular formula is C14H22BrN3. The fourth-order valence-electron chi connectivity index (χ4n) is 2.39. The molecule has 1 aliphatic heterocycles. The summed E-state index contributed by atoms with van der Waals surface area (Å²) in [6.07, 6.45) is 1.29. The highest BCUT2D eigenvalue weighted by Gasteiger charge is 2.23. The predicted molar refractivity (Wildman–Crippen MR) is 80.0 cm³/mol. The maximum absolute atomic E-state index is 4.52. The van der Waals surface area contributed by atoms with Gasteiger partial charge in [-0.2, -0.15) is 0 Å². The number of pyridine rings is 1. The van der Waals surface area contributed by atoms with Gasteiger partial charge in [0.1, 0.15) is 5.82 Å². The number of anilines is 1. The Kier molecular flexibility index (Phi) is 4.62. The molecule has 0 radical (unpaired) electrons. The molecule has 3 nitrogen and oxygen atoms in total. The van der Waals surface area contributed by atoms with Crippen LogP contribution in [-0.4, -0.2) is 35.6 Å². The first-order valence-electron chi connectivity index (χ1n) is 6.67. The number of hydrogen-bond donors (Lipinski definition) is 1. The summed E-state index contributed by atoms with van der Waals surface area (Å²) in [5.41, 5.74) is 1.04. The van der Waals surface area contributed by atoms with Crippen LogP contribution in [0.5, 0.6) is 0 Å². The van der Waals surface area contributed by atoms with E-state index >= 15 is 0 Å². The van der Waals surface area contributed by atoms with Crippen molar-refractivity contribution >= 4 is 21.7 Å². The monoisotopic (exact) mass is 311 g/mol. The van der Waals surface area contributed by atoms with Crippen LogP contribution >= 0.6 is 15.9 Å². The Hall–Kier alpha value is -0.610.